The van der Waals surface area contributed by atoms with E-state index in [1.54, 1.807) is 6.07 Å². The maximum absolute atomic E-state index is 11.7. The van der Waals surface area contributed by atoms with Crippen LogP contribution in [0.1, 0.15) is 11.1 Å². The average molecular weight is 273 g/mol. The van der Waals surface area contributed by atoms with Gasteiger partial charge in [-0.05, 0) is 30.2 Å². The number of ether oxygens (including phenoxy) is 1. The van der Waals surface area contributed by atoms with Crippen LogP contribution >= 0.6 is 12.6 Å². The van der Waals surface area contributed by atoms with E-state index < -0.39 is 6.09 Å². The Balaban J connectivity index is 1.91. The number of aryl methyl sites for hydroxylation is 1. The molecule has 0 unspecified atom stereocenters. The summed E-state index contributed by atoms with van der Waals surface area (Å²) in [4.78, 5) is 12.4. The van der Waals surface area contributed by atoms with E-state index in [2.05, 4.69) is 17.9 Å². The average Bonchev–Trinajstić information content (AvgIpc) is 2.41. The van der Waals surface area contributed by atoms with E-state index in [4.69, 9.17) is 4.74 Å². The molecule has 1 N–H and O–H groups in total. The normalized spacial score (nSPS) is 10.0. The minimum atomic E-state index is -0.483. The lowest BCUT2D eigenvalue weighted by molar-refractivity contribution is 0.155. The first-order valence-corrected chi connectivity index (χ1v) is 6.37. The van der Waals surface area contributed by atoms with Gasteiger partial charge < -0.3 is 4.74 Å². The summed E-state index contributed by atoms with van der Waals surface area (Å²) >= 11 is 4.31. The van der Waals surface area contributed by atoms with Crippen LogP contribution < -0.4 is 5.32 Å². The Morgan fingerprint density at radius 1 is 1.21 bits per heavy atom. The van der Waals surface area contributed by atoms with E-state index in [1.165, 1.54) is 0 Å². The van der Waals surface area contributed by atoms with Gasteiger partial charge in [0.2, 0.25) is 0 Å². The number of thiol groups is 1. The van der Waals surface area contributed by atoms with Crippen molar-refractivity contribution < 1.29 is 9.53 Å². The van der Waals surface area contributed by atoms with Gasteiger partial charge in [-0.3, -0.25) is 5.32 Å². The van der Waals surface area contributed by atoms with E-state index in [0.29, 0.717) is 5.69 Å². The van der Waals surface area contributed by atoms with Crippen molar-refractivity contribution in [2.45, 2.75) is 18.4 Å². The Labute approximate surface area is 118 Å². The van der Waals surface area contributed by atoms with Gasteiger partial charge in [0.05, 0.1) is 5.69 Å². The molecule has 0 radical (unpaired) electrons. The van der Waals surface area contributed by atoms with Crippen molar-refractivity contribution in [2.75, 3.05) is 5.32 Å². The second-order valence-electron chi connectivity index (χ2n) is 4.21. The first-order valence-electron chi connectivity index (χ1n) is 5.92. The highest BCUT2D eigenvalue weighted by Gasteiger charge is 2.06. The lowest BCUT2D eigenvalue weighted by Gasteiger charge is -2.09. The third-order valence-electron chi connectivity index (χ3n) is 2.60. The SMILES string of the molecule is Cc1ccc(NC(=O)OCc2ccccc2)c(S)c1. The van der Waals surface area contributed by atoms with Gasteiger partial charge in [0.25, 0.3) is 0 Å². The number of nitrogens with one attached hydrogen (secondary N) is 1. The smallest absolute Gasteiger partial charge is 0.411 e. The van der Waals surface area contributed by atoms with Crippen LogP contribution in [0.15, 0.2) is 53.4 Å². The van der Waals surface area contributed by atoms with Crippen LogP contribution in [-0.2, 0) is 11.3 Å². The van der Waals surface area contributed by atoms with Crippen LogP contribution in [0.2, 0.25) is 0 Å². The molecule has 98 valence electrons. The molecule has 0 atom stereocenters. The number of anilines is 1. The fourth-order valence-electron chi connectivity index (χ4n) is 1.62. The molecule has 4 heteroatoms. The lowest BCUT2D eigenvalue weighted by Crippen LogP contribution is -2.13. The van der Waals surface area contributed by atoms with Gasteiger partial charge in [-0.1, -0.05) is 36.4 Å². The Hall–Kier alpha value is -1.94. The zero-order valence-electron chi connectivity index (χ0n) is 10.6. The quantitative estimate of drug-likeness (QED) is 0.829. The predicted molar refractivity (Wildman–Crippen MR) is 78.7 cm³/mol. The molecule has 1 amide bonds. The van der Waals surface area contributed by atoms with E-state index in [0.717, 1.165) is 16.0 Å². The van der Waals surface area contributed by atoms with Crippen molar-refractivity contribution in [3.05, 3.63) is 59.7 Å². The van der Waals surface area contributed by atoms with E-state index >= 15 is 0 Å². The summed E-state index contributed by atoms with van der Waals surface area (Å²) < 4.78 is 5.13. The van der Waals surface area contributed by atoms with Gasteiger partial charge in [-0.15, -0.1) is 12.6 Å². The molecule has 2 aromatic carbocycles. The minimum Gasteiger partial charge on any atom is -0.444 e. The summed E-state index contributed by atoms with van der Waals surface area (Å²) in [7, 11) is 0. The number of rotatable bonds is 3. The summed E-state index contributed by atoms with van der Waals surface area (Å²) in [5.41, 5.74) is 2.69. The molecule has 3 nitrogen and oxygen atoms in total. The molecule has 0 aromatic heterocycles. The molecule has 0 bridgehead atoms. The predicted octanol–water partition coefficient (Wildman–Crippen LogP) is 4.03. The second kappa shape index (κ2) is 6.29. The van der Waals surface area contributed by atoms with Gasteiger partial charge in [0, 0.05) is 4.90 Å². The number of hydrogen-bond donors (Lipinski definition) is 2. The molecule has 0 aliphatic rings. The van der Waals surface area contributed by atoms with E-state index in [-0.39, 0.29) is 6.61 Å². The van der Waals surface area contributed by atoms with Gasteiger partial charge in [0.15, 0.2) is 0 Å². The molecular formula is C15H15NO2S. The van der Waals surface area contributed by atoms with Crippen LogP contribution in [0.3, 0.4) is 0 Å². The van der Waals surface area contributed by atoms with E-state index in [9.17, 15) is 4.79 Å². The summed E-state index contributed by atoms with van der Waals surface area (Å²) in [6.07, 6.45) is -0.483. The third kappa shape index (κ3) is 4.03. The van der Waals surface area contributed by atoms with Crippen molar-refractivity contribution >= 4 is 24.4 Å². The largest absolute Gasteiger partial charge is 0.444 e. The van der Waals surface area contributed by atoms with E-state index in [1.807, 2.05) is 49.4 Å². The van der Waals surface area contributed by atoms with Gasteiger partial charge in [-0.25, -0.2) is 4.79 Å². The Morgan fingerprint density at radius 3 is 2.63 bits per heavy atom. The molecule has 0 aliphatic heterocycles. The molecule has 0 heterocycles. The summed E-state index contributed by atoms with van der Waals surface area (Å²) in [6.45, 7) is 2.22. The fraction of sp³-hybridized carbons (Fsp3) is 0.133. The number of amides is 1. The highest BCUT2D eigenvalue weighted by Crippen LogP contribution is 2.21. The minimum absolute atomic E-state index is 0.250. The van der Waals surface area contributed by atoms with Crippen molar-refractivity contribution in [3.8, 4) is 0 Å². The molecule has 0 spiro atoms. The number of carbonyl (C=O) groups is 1. The molecule has 0 saturated heterocycles. The topological polar surface area (TPSA) is 38.3 Å². The third-order valence-corrected chi connectivity index (χ3v) is 2.97. The first kappa shape index (κ1) is 13.5. The van der Waals surface area contributed by atoms with Gasteiger partial charge in [-0.2, -0.15) is 0 Å². The van der Waals surface area contributed by atoms with Gasteiger partial charge >= 0.3 is 6.09 Å². The molecular weight excluding hydrogens is 258 g/mol. The highest BCUT2D eigenvalue weighted by molar-refractivity contribution is 7.80. The summed E-state index contributed by atoms with van der Waals surface area (Å²) in [5.74, 6) is 0. The van der Waals surface area contributed by atoms with Crippen LogP contribution in [0.5, 0.6) is 0 Å². The fourth-order valence-corrected chi connectivity index (χ4v) is 1.95. The van der Waals surface area contributed by atoms with Crippen LogP contribution in [0.4, 0.5) is 10.5 Å². The lowest BCUT2D eigenvalue weighted by atomic mass is 10.2. The Morgan fingerprint density at radius 2 is 1.95 bits per heavy atom. The molecule has 0 fully saturated rings. The zero-order valence-corrected chi connectivity index (χ0v) is 11.5. The molecule has 0 saturated carbocycles. The monoisotopic (exact) mass is 273 g/mol. The van der Waals surface area contributed by atoms with Crippen LogP contribution in [0.25, 0.3) is 0 Å². The summed E-state index contributed by atoms with van der Waals surface area (Å²) in [6, 6.07) is 15.1. The zero-order chi connectivity index (χ0) is 13.7. The van der Waals surface area contributed by atoms with Crippen molar-refractivity contribution in [2.24, 2.45) is 0 Å². The molecule has 19 heavy (non-hydrogen) atoms. The summed E-state index contributed by atoms with van der Waals surface area (Å²) in [5, 5.41) is 2.67. The maximum atomic E-state index is 11.7. The molecule has 2 rings (SSSR count). The Kier molecular flexibility index (Phi) is 4.47. The number of carbonyl (C=O) groups excluding carboxylic acids is 1. The van der Waals surface area contributed by atoms with Crippen LogP contribution in [-0.4, -0.2) is 6.09 Å². The maximum Gasteiger partial charge on any atom is 0.411 e. The van der Waals surface area contributed by atoms with Crippen LogP contribution in [0, 0.1) is 6.92 Å². The van der Waals surface area contributed by atoms with Crippen molar-refractivity contribution in [1.82, 2.24) is 0 Å². The first-order chi connectivity index (χ1) is 9.15. The number of hydrogen-bond acceptors (Lipinski definition) is 3. The second-order valence-corrected chi connectivity index (χ2v) is 4.69. The number of benzene rings is 2. The molecule has 2 aromatic rings. The van der Waals surface area contributed by atoms with Crippen molar-refractivity contribution in [3.63, 3.8) is 0 Å². The van der Waals surface area contributed by atoms with Crippen molar-refractivity contribution in [1.29, 1.82) is 0 Å². The molecule has 0 aliphatic carbocycles. The van der Waals surface area contributed by atoms with Gasteiger partial charge in [0.1, 0.15) is 6.61 Å². The highest BCUT2D eigenvalue weighted by atomic mass is 32.1. The Bertz CT molecular complexity index is 570. The standard InChI is InChI=1S/C15H15NO2S/c1-11-7-8-13(14(19)9-11)16-15(17)18-10-12-5-3-2-4-6-12/h2-9,19H,10H2,1H3,(H,16,17).